The predicted molar refractivity (Wildman–Crippen MR) is 36.4 cm³/mol. The van der Waals surface area contributed by atoms with Crippen LogP contribution in [0.2, 0.25) is 0 Å². The first-order valence-corrected chi connectivity index (χ1v) is 3.41. The molecule has 2 heteroatoms. The monoisotopic (exact) mass is 123 g/mol. The molecule has 1 fully saturated rings. The topological polar surface area (TPSA) is 29.0 Å². The molecule has 2 unspecified atom stereocenters. The molecule has 2 nitrogen and oxygen atoms in total. The maximum atomic E-state index is 4.35. The van der Waals surface area contributed by atoms with Crippen molar-refractivity contribution >= 4 is 6.21 Å². The third-order valence-electron chi connectivity index (χ3n) is 1.88. The van der Waals surface area contributed by atoms with E-state index in [4.69, 9.17) is 0 Å². The second-order valence-electron chi connectivity index (χ2n) is 2.85. The first kappa shape index (κ1) is 5.18. The van der Waals surface area contributed by atoms with Crippen molar-refractivity contribution in [2.45, 2.75) is 25.4 Å². The Morgan fingerprint density at radius 1 is 1.78 bits per heavy atom. The zero-order chi connectivity index (χ0) is 6.27. The molecule has 2 aliphatic rings. The number of nitrogens with two attached hydrogens (primary N) is 1. The average molecular weight is 123 g/mol. The minimum atomic E-state index is 0.638. The number of rotatable bonds is 0. The lowest BCUT2D eigenvalue weighted by molar-refractivity contribution is -0.603. The van der Waals surface area contributed by atoms with E-state index < -0.39 is 0 Å². The van der Waals surface area contributed by atoms with Crippen LogP contribution in [0.3, 0.4) is 0 Å². The summed E-state index contributed by atoms with van der Waals surface area (Å²) in [6.45, 7) is 2.09. The largest absolute Gasteiger partial charge is 0.315 e. The highest BCUT2D eigenvalue weighted by Gasteiger charge is 2.40. The van der Waals surface area contributed by atoms with Crippen molar-refractivity contribution in [2.24, 2.45) is 4.99 Å². The van der Waals surface area contributed by atoms with Gasteiger partial charge in [0, 0.05) is 18.2 Å². The van der Waals surface area contributed by atoms with Gasteiger partial charge in [0.25, 0.3) is 0 Å². The van der Waals surface area contributed by atoms with E-state index in [2.05, 4.69) is 23.4 Å². The number of fused-ring (bicyclic) bond motifs is 1. The number of quaternary nitrogens is 1. The van der Waals surface area contributed by atoms with Crippen LogP contribution >= 0.6 is 0 Å². The van der Waals surface area contributed by atoms with E-state index in [0.717, 1.165) is 6.04 Å². The van der Waals surface area contributed by atoms with Crippen LogP contribution in [0, 0.1) is 0 Å². The van der Waals surface area contributed by atoms with Crippen LogP contribution < -0.4 is 5.32 Å². The third kappa shape index (κ3) is 0.900. The maximum absolute atomic E-state index is 4.35. The molecule has 1 aliphatic carbocycles. The molecule has 0 radical (unpaired) electrons. The molecule has 1 heterocycles. The lowest BCUT2D eigenvalue weighted by Crippen LogP contribution is -2.80. The number of aliphatic imine (C=N–C) groups is 1. The normalized spacial score (nSPS) is 39.0. The first-order chi connectivity index (χ1) is 4.36. The lowest BCUT2D eigenvalue weighted by atomic mass is 10.4. The van der Waals surface area contributed by atoms with Crippen LogP contribution in [0.25, 0.3) is 0 Å². The van der Waals surface area contributed by atoms with Gasteiger partial charge in [-0.25, -0.2) is 0 Å². The van der Waals surface area contributed by atoms with Crippen molar-refractivity contribution in [2.75, 3.05) is 0 Å². The molecule has 0 aromatic carbocycles. The molecule has 0 spiro atoms. The van der Waals surface area contributed by atoms with Gasteiger partial charge >= 0.3 is 0 Å². The lowest BCUT2D eigenvalue weighted by Gasteiger charge is -1.85. The number of nitrogens with zero attached hydrogens (tertiary/aromatic N) is 1. The van der Waals surface area contributed by atoms with E-state index in [0.29, 0.717) is 6.04 Å². The number of allylic oxidation sites excluding steroid dienone is 1. The second kappa shape index (κ2) is 1.67. The van der Waals surface area contributed by atoms with E-state index in [-0.39, 0.29) is 0 Å². The van der Waals surface area contributed by atoms with Crippen LogP contribution in [-0.4, -0.2) is 18.3 Å². The molecule has 0 saturated heterocycles. The van der Waals surface area contributed by atoms with E-state index >= 15 is 0 Å². The van der Waals surface area contributed by atoms with Crippen LogP contribution in [-0.2, 0) is 0 Å². The fourth-order valence-corrected chi connectivity index (χ4v) is 1.11. The third-order valence-corrected chi connectivity index (χ3v) is 1.88. The second-order valence-corrected chi connectivity index (χ2v) is 2.85. The molecule has 1 saturated carbocycles. The summed E-state index contributed by atoms with van der Waals surface area (Å²) in [5.41, 5.74) is 1.28. The molecule has 2 rings (SSSR count). The molecule has 9 heavy (non-hydrogen) atoms. The van der Waals surface area contributed by atoms with Gasteiger partial charge < -0.3 is 5.32 Å². The van der Waals surface area contributed by atoms with Crippen molar-refractivity contribution in [1.82, 2.24) is 0 Å². The summed E-state index contributed by atoms with van der Waals surface area (Å²) < 4.78 is 0. The molecule has 0 amide bonds. The summed E-state index contributed by atoms with van der Waals surface area (Å²) in [6.07, 6.45) is 5.43. The molecular formula is C7H11N2+. The standard InChI is InChI=1S/C7H10N2/c1-5-3-8-6-2-7(6)9-4-5/h3-4,6-8H,2H2,1H3/p+1. The van der Waals surface area contributed by atoms with Crippen LogP contribution in [0.1, 0.15) is 13.3 Å². The van der Waals surface area contributed by atoms with E-state index in [1.54, 1.807) is 0 Å². The Labute approximate surface area is 54.7 Å². The fourth-order valence-electron chi connectivity index (χ4n) is 1.11. The van der Waals surface area contributed by atoms with Crippen molar-refractivity contribution in [3.8, 4) is 0 Å². The van der Waals surface area contributed by atoms with Gasteiger partial charge in [0.2, 0.25) is 0 Å². The Hall–Kier alpha value is -0.630. The fraction of sp³-hybridized carbons (Fsp3) is 0.571. The Bertz CT molecular complexity index is 181. The highest BCUT2D eigenvalue weighted by molar-refractivity contribution is 5.77. The summed E-state index contributed by atoms with van der Waals surface area (Å²) >= 11 is 0. The minimum absolute atomic E-state index is 0.638. The molecule has 2 N–H and O–H groups in total. The van der Waals surface area contributed by atoms with Gasteiger partial charge in [-0.3, -0.25) is 4.99 Å². The average Bonchev–Trinajstić information content (AvgIpc) is 2.54. The summed E-state index contributed by atoms with van der Waals surface area (Å²) in [5, 5.41) is 2.27. The van der Waals surface area contributed by atoms with Crippen molar-refractivity contribution in [3.63, 3.8) is 0 Å². The highest BCUT2D eigenvalue weighted by atomic mass is 15.0. The summed E-state index contributed by atoms with van der Waals surface area (Å²) in [7, 11) is 0. The van der Waals surface area contributed by atoms with E-state index in [9.17, 15) is 0 Å². The van der Waals surface area contributed by atoms with Gasteiger partial charge in [-0.15, -0.1) is 0 Å². The van der Waals surface area contributed by atoms with Gasteiger partial charge in [-0.05, 0) is 6.92 Å². The van der Waals surface area contributed by atoms with Gasteiger partial charge in [-0.1, -0.05) is 0 Å². The SMILES string of the molecule is CC1=C[NH2+]C2CC2N=C1. The Morgan fingerprint density at radius 3 is 3.56 bits per heavy atom. The smallest absolute Gasteiger partial charge is 0.115 e. The molecular weight excluding hydrogens is 112 g/mol. The zero-order valence-corrected chi connectivity index (χ0v) is 5.54. The zero-order valence-electron chi connectivity index (χ0n) is 5.54. The summed E-state index contributed by atoms with van der Waals surface area (Å²) in [5.74, 6) is 0. The maximum Gasteiger partial charge on any atom is 0.115 e. The van der Waals surface area contributed by atoms with Crippen LogP contribution in [0.5, 0.6) is 0 Å². The Kier molecular flexibility index (Phi) is 0.963. The Balaban J connectivity index is 2.16. The molecule has 0 aromatic heterocycles. The van der Waals surface area contributed by atoms with Crippen molar-refractivity contribution in [3.05, 3.63) is 11.8 Å². The highest BCUT2D eigenvalue weighted by Crippen LogP contribution is 2.22. The summed E-state index contributed by atoms with van der Waals surface area (Å²) in [6, 6.07) is 1.41. The molecule has 0 aromatic rings. The predicted octanol–water partition coefficient (Wildman–Crippen LogP) is -0.321. The van der Waals surface area contributed by atoms with Crippen molar-refractivity contribution < 1.29 is 5.32 Å². The summed E-state index contributed by atoms with van der Waals surface area (Å²) in [4.78, 5) is 4.35. The van der Waals surface area contributed by atoms with Gasteiger partial charge in [0.05, 0.1) is 6.20 Å². The van der Waals surface area contributed by atoms with Gasteiger partial charge in [0.15, 0.2) is 0 Å². The molecule has 2 atom stereocenters. The Morgan fingerprint density at radius 2 is 2.67 bits per heavy atom. The first-order valence-electron chi connectivity index (χ1n) is 3.41. The van der Waals surface area contributed by atoms with Crippen LogP contribution in [0.15, 0.2) is 16.8 Å². The molecule has 1 aliphatic heterocycles. The minimum Gasteiger partial charge on any atom is -0.315 e. The van der Waals surface area contributed by atoms with Crippen LogP contribution in [0.4, 0.5) is 0 Å². The van der Waals surface area contributed by atoms with E-state index in [1.165, 1.54) is 12.0 Å². The molecule has 48 valence electrons. The molecule has 0 bridgehead atoms. The number of hydrogen-bond acceptors (Lipinski definition) is 1. The number of hydrogen-bond donors (Lipinski definition) is 1. The van der Waals surface area contributed by atoms with Crippen molar-refractivity contribution in [1.29, 1.82) is 0 Å². The quantitative estimate of drug-likeness (QED) is 0.457. The van der Waals surface area contributed by atoms with Gasteiger partial charge in [-0.2, -0.15) is 0 Å². The van der Waals surface area contributed by atoms with Gasteiger partial charge in [0.1, 0.15) is 12.1 Å². The van der Waals surface area contributed by atoms with E-state index in [1.807, 2.05) is 6.21 Å².